The van der Waals surface area contributed by atoms with Gasteiger partial charge in [-0.2, -0.15) is 0 Å². The molecule has 7 nitrogen and oxygen atoms in total. The number of hydrogen-bond acceptors (Lipinski definition) is 6. The Kier molecular flexibility index (Phi) is 4.16. The third-order valence-electron chi connectivity index (χ3n) is 4.47. The number of rotatable bonds is 4. The van der Waals surface area contributed by atoms with Crippen LogP contribution in [0.25, 0.3) is 11.1 Å². The summed E-state index contributed by atoms with van der Waals surface area (Å²) >= 11 is 0. The molecule has 1 fully saturated rings. The summed E-state index contributed by atoms with van der Waals surface area (Å²) in [6, 6.07) is 1.88. The maximum absolute atomic E-state index is 12.7. The van der Waals surface area contributed by atoms with Gasteiger partial charge in [-0.1, -0.05) is 12.1 Å². The fourth-order valence-corrected chi connectivity index (χ4v) is 4.23. The summed E-state index contributed by atoms with van der Waals surface area (Å²) in [6.07, 6.45) is 1.31. The molecular weight excluding hydrogens is 316 g/mol. The summed E-state index contributed by atoms with van der Waals surface area (Å²) in [5.74, 6) is 0.265. The summed E-state index contributed by atoms with van der Waals surface area (Å²) in [6.45, 7) is 9.69. The summed E-state index contributed by atoms with van der Waals surface area (Å²) in [5.41, 5.74) is 0.978. The average Bonchev–Trinajstić information content (AvgIpc) is 3.03. The van der Waals surface area contributed by atoms with Gasteiger partial charge in [-0.25, -0.2) is 18.1 Å². The number of pyridine rings is 1. The number of nitrogens with one attached hydrogen (secondary N) is 1. The van der Waals surface area contributed by atoms with Gasteiger partial charge in [0.15, 0.2) is 0 Å². The molecule has 8 heteroatoms. The Balaban J connectivity index is 1.84. The first-order valence-corrected chi connectivity index (χ1v) is 9.24. The largest absolute Gasteiger partial charge is 0.336 e. The van der Waals surface area contributed by atoms with Gasteiger partial charge in [-0.3, -0.25) is 4.90 Å². The molecule has 0 saturated carbocycles. The zero-order valence-corrected chi connectivity index (χ0v) is 14.6. The molecule has 3 heterocycles. The highest BCUT2D eigenvalue weighted by molar-refractivity contribution is 7.89. The Hall–Kier alpha value is -1.51. The van der Waals surface area contributed by atoms with E-state index in [2.05, 4.69) is 40.5 Å². The molecule has 23 heavy (non-hydrogen) atoms. The lowest BCUT2D eigenvalue weighted by Crippen LogP contribution is -2.40. The van der Waals surface area contributed by atoms with Crippen LogP contribution in [0.4, 0.5) is 0 Å². The molecular formula is C15H22N4O3S. The van der Waals surface area contributed by atoms with Gasteiger partial charge < -0.3 is 4.52 Å². The van der Waals surface area contributed by atoms with E-state index in [1.807, 2.05) is 0 Å². The summed E-state index contributed by atoms with van der Waals surface area (Å²) in [5, 5.41) is 4.43. The number of aromatic nitrogens is 2. The zero-order valence-electron chi connectivity index (χ0n) is 13.8. The van der Waals surface area contributed by atoms with Crippen LogP contribution in [0.5, 0.6) is 0 Å². The van der Waals surface area contributed by atoms with Crippen LogP contribution in [-0.2, 0) is 10.0 Å². The monoisotopic (exact) mass is 338 g/mol. The van der Waals surface area contributed by atoms with Gasteiger partial charge in [0.25, 0.3) is 5.71 Å². The number of hydrogen-bond donors (Lipinski definition) is 1. The Labute approximate surface area is 136 Å². The zero-order chi connectivity index (χ0) is 16.8. The molecule has 0 aromatic carbocycles. The van der Waals surface area contributed by atoms with Crippen molar-refractivity contribution in [1.29, 1.82) is 0 Å². The molecule has 3 rings (SSSR count). The maximum atomic E-state index is 12.7. The highest BCUT2D eigenvalue weighted by atomic mass is 32.2. The maximum Gasteiger partial charge on any atom is 0.257 e. The lowest BCUT2D eigenvalue weighted by molar-refractivity contribution is 0.265. The molecule has 2 aromatic rings. The molecule has 0 spiro atoms. The van der Waals surface area contributed by atoms with Crippen molar-refractivity contribution >= 4 is 21.1 Å². The predicted octanol–water partition coefficient (Wildman–Crippen LogP) is 1.54. The molecule has 1 aliphatic heterocycles. The first-order chi connectivity index (χ1) is 10.8. The van der Waals surface area contributed by atoms with Gasteiger partial charge in [-0.05, 0) is 32.8 Å². The van der Waals surface area contributed by atoms with Crippen LogP contribution in [0.2, 0.25) is 0 Å². The first kappa shape index (κ1) is 16.4. The Morgan fingerprint density at radius 2 is 2.13 bits per heavy atom. The lowest BCUT2D eigenvalue weighted by atomic mass is 10.1. The van der Waals surface area contributed by atoms with E-state index in [4.69, 9.17) is 4.52 Å². The molecule has 1 saturated heterocycles. The fraction of sp³-hybridized carbons (Fsp3) is 0.600. The van der Waals surface area contributed by atoms with Crippen molar-refractivity contribution in [3.63, 3.8) is 0 Å². The average molecular weight is 338 g/mol. The molecule has 0 unspecified atom stereocenters. The van der Waals surface area contributed by atoms with Crippen LogP contribution >= 0.6 is 0 Å². The number of nitrogens with zero attached hydrogens (tertiary/aromatic N) is 3. The fourth-order valence-electron chi connectivity index (χ4n) is 2.92. The van der Waals surface area contributed by atoms with Crippen LogP contribution in [0.15, 0.2) is 21.7 Å². The first-order valence-electron chi connectivity index (χ1n) is 7.76. The Morgan fingerprint density at radius 1 is 1.39 bits per heavy atom. The number of likely N-dealkylation sites (tertiary alicyclic amines) is 1. The van der Waals surface area contributed by atoms with E-state index in [1.54, 1.807) is 13.0 Å². The van der Waals surface area contributed by atoms with Crippen molar-refractivity contribution in [3.8, 4) is 0 Å². The van der Waals surface area contributed by atoms with Gasteiger partial charge in [0.05, 0.1) is 17.3 Å². The van der Waals surface area contributed by atoms with Crippen molar-refractivity contribution in [3.05, 3.63) is 18.0 Å². The normalized spacial score (nSPS) is 23.2. The summed E-state index contributed by atoms with van der Waals surface area (Å²) in [7, 11) is -3.62. The van der Waals surface area contributed by atoms with Gasteiger partial charge in [0.1, 0.15) is 4.90 Å². The topological polar surface area (TPSA) is 88.3 Å². The molecule has 0 bridgehead atoms. The quantitative estimate of drug-likeness (QED) is 0.910. The SMILES string of the molecule is Cc1noc2ncc(S(=O)(=O)N[C@@H]3CN(C(C)C)C[C@H]3C)cc12. The van der Waals surface area contributed by atoms with Crippen molar-refractivity contribution in [2.45, 2.75) is 44.7 Å². The van der Waals surface area contributed by atoms with Crippen LogP contribution in [-0.4, -0.2) is 48.6 Å². The standard InChI is InChI=1S/C15H22N4O3S/c1-9(2)19-7-10(3)14(8-19)18-23(20,21)12-5-13-11(4)17-22-15(13)16-6-12/h5-6,9-10,14,18H,7-8H2,1-4H3/t10-,14-/m1/s1. The molecule has 0 aliphatic carbocycles. The number of sulfonamides is 1. The van der Waals surface area contributed by atoms with Crippen molar-refractivity contribution in [2.75, 3.05) is 13.1 Å². The van der Waals surface area contributed by atoms with Crippen LogP contribution in [0, 0.1) is 12.8 Å². The highest BCUT2D eigenvalue weighted by Gasteiger charge is 2.34. The minimum Gasteiger partial charge on any atom is -0.336 e. The van der Waals surface area contributed by atoms with E-state index in [9.17, 15) is 8.42 Å². The van der Waals surface area contributed by atoms with Crippen molar-refractivity contribution < 1.29 is 12.9 Å². The highest BCUT2D eigenvalue weighted by Crippen LogP contribution is 2.23. The van der Waals surface area contributed by atoms with Crippen LogP contribution < -0.4 is 4.72 Å². The minimum atomic E-state index is -3.62. The third kappa shape index (κ3) is 3.11. The molecule has 0 radical (unpaired) electrons. The van der Waals surface area contributed by atoms with E-state index in [0.29, 0.717) is 22.8 Å². The molecule has 2 aromatic heterocycles. The van der Waals surface area contributed by atoms with E-state index >= 15 is 0 Å². The molecule has 126 valence electrons. The van der Waals surface area contributed by atoms with E-state index < -0.39 is 10.0 Å². The molecule has 2 atom stereocenters. The third-order valence-corrected chi connectivity index (χ3v) is 5.93. The predicted molar refractivity (Wildman–Crippen MR) is 86.5 cm³/mol. The van der Waals surface area contributed by atoms with Gasteiger partial charge in [-0.15, -0.1) is 0 Å². The number of fused-ring (bicyclic) bond motifs is 1. The van der Waals surface area contributed by atoms with Gasteiger partial charge in [0.2, 0.25) is 10.0 Å². The molecule has 1 aliphatic rings. The second kappa shape index (κ2) is 5.85. The van der Waals surface area contributed by atoms with E-state index in [-0.39, 0.29) is 16.9 Å². The Morgan fingerprint density at radius 3 is 2.78 bits per heavy atom. The van der Waals surface area contributed by atoms with Crippen LogP contribution in [0.1, 0.15) is 26.5 Å². The van der Waals surface area contributed by atoms with Crippen molar-refractivity contribution in [2.24, 2.45) is 5.92 Å². The minimum absolute atomic E-state index is 0.0957. The van der Waals surface area contributed by atoms with Crippen LogP contribution in [0.3, 0.4) is 0 Å². The number of aryl methyl sites for hydroxylation is 1. The van der Waals surface area contributed by atoms with E-state index in [1.165, 1.54) is 6.20 Å². The second-order valence-corrected chi connectivity index (χ2v) is 8.26. The molecule has 0 amide bonds. The second-order valence-electron chi connectivity index (χ2n) is 6.54. The van der Waals surface area contributed by atoms with Gasteiger partial charge in [0, 0.05) is 25.2 Å². The Bertz CT molecular complexity index is 815. The lowest BCUT2D eigenvalue weighted by Gasteiger charge is -2.20. The molecule has 1 N–H and O–H groups in total. The van der Waals surface area contributed by atoms with Gasteiger partial charge >= 0.3 is 0 Å². The van der Waals surface area contributed by atoms with Crippen molar-refractivity contribution in [1.82, 2.24) is 19.8 Å². The smallest absolute Gasteiger partial charge is 0.257 e. The summed E-state index contributed by atoms with van der Waals surface area (Å²) < 4.78 is 33.2. The van der Waals surface area contributed by atoms with E-state index in [0.717, 1.165) is 13.1 Å². The summed E-state index contributed by atoms with van der Waals surface area (Å²) in [4.78, 5) is 6.47.